The lowest BCUT2D eigenvalue weighted by atomic mass is 9.84. The molecule has 1 atom stereocenters. The van der Waals surface area contributed by atoms with Crippen LogP contribution in [0, 0.1) is 5.92 Å². The molecule has 2 nitrogen and oxygen atoms in total. The van der Waals surface area contributed by atoms with E-state index in [1.807, 2.05) is 18.2 Å². The van der Waals surface area contributed by atoms with Crippen LogP contribution in [0.4, 0.5) is 0 Å². The van der Waals surface area contributed by atoms with Crippen LogP contribution in [0.2, 0.25) is 0 Å². The molecular formula is C15H18O2. The molecule has 1 unspecified atom stereocenters. The second-order valence-corrected chi connectivity index (χ2v) is 5.24. The van der Waals surface area contributed by atoms with Crippen LogP contribution in [0.1, 0.15) is 48.0 Å². The van der Waals surface area contributed by atoms with E-state index in [2.05, 4.69) is 0 Å². The molecule has 1 fully saturated rings. The highest BCUT2D eigenvalue weighted by Crippen LogP contribution is 2.37. The molecule has 1 aromatic rings. The summed E-state index contributed by atoms with van der Waals surface area (Å²) in [5.41, 5.74) is 1.97. The number of benzene rings is 1. The van der Waals surface area contributed by atoms with Crippen molar-refractivity contribution >= 4 is 6.29 Å². The smallest absolute Gasteiger partial charge is 0.150 e. The minimum absolute atomic E-state index is 0.354. The number of fused-ring (bicyclic) bond motifs is 1. The quantitative estimate of drug-likeness (QED) is 0.728. The van der Waals surface area contributed by atoms with Gasteiger partial charge in [-0.25, -0.2) is 0 Å². The molecule has 0 radical (unpaired) electrons. The molecule has 2 aliphatic rings. The topological polar surface area (TPSA) is 26.3 Å². The van der Waals surface area contributed by atoms with Crippen molar-refractivity contribution in [1.82, 2.24) is 0 Å². The monoisotopic (exact) mass is 230 g/mol. The molecule has 0 spiro atoms. The summed E-state index contributed by atoms with van der Waals surface area (Å²) in [7, 11) is 0. The van der Waals surface area contributed by atoms with Gasteiger partial charge in [0.05, 0.1) is 0 Å². The first-order chi connectivity index (χ1) is 8.36. The van der Waals surface area contributed by atoms with Gasteiger partial charge in [0, 0.05) is 12.0 Å². The Hall–Kier alpha value is -1.31. The van der Waals surface area contributed by atoms with Crippen molar-refractivity contribution in [2.24, 2.45) is 5.92 Å². The van der Waals surface area contributed by atoms with E-state index in [9.17, 15) is 4.79 Å². The van der Waals surface area contributed by atoms with Gasteiger partial charge in [0.15, 0.2) is 0 Å². The van der Waals surface area contributed by atoms with E-state index in [0.29, 0.717) is 6.10 Å². The van der Waals surface area contributed by atoms with Gasteiger partial charge in [-0.2, -0.15) is 0 Å². The van der Waals surface area contributed by atoms with Gasteiger partial charge in [-0.1, -0.05) is 19.3 Å². The fourth-order valence-electron chi connectivity index (χ4n) is 3.14. The van der Waals surface area contributed by atoms with E-state index < -0.39 is 0 Å². The maximum atomic E-state index is 10.7. The highest BCUT2D eigenvalue weighted by Gasteiger charge is 2.31. The van der Waals surface area contributed by atoms with E-state index >= 15 is 0 Å². The minimum Gasteiger partial charge on any atom is -0.490 e. The van der Waals surface area contributed by atoms with Gasteiger partial charge in [-0.05, 0) is 42.5 Å². The van der Waals surface area contributed by atoms with Gasteiger partial charge in [0.2, 0.25) is 0 Å². The largest absolute Gasteiger partial charge is 0.490 e. The Labute approximate surface area is 102 Å². The molecule has 3 rings (SSSR count). The molecule has 1 aromatic carbocycles. The van der Waals surface area contributed by atoms with Crippen molar-refractivity contribution in [3.05, 3.63) is 29.3 Å². The number of ether oxygens (including phenoxy) is 1. The zero-order valence-electron chi connectivity index (χ0n) is 10.0. The fraction of sp³-hybridized carbons (Fsp3) is 0.533. The second-order valence-electron chi connectivity index (χ2n) is 5.24. The number of carbonyl (C=O) groups is 1. The first-order valence-corrected chi connectivity index (χ1v) is 6.61. The molecule has 1 saturated carbocycles. The lowest BCUT2D eigenvalue weighted by Gasteiger charge is -2.26. The molecule has 2 heteroatoms. The van der Waals surface area contributed by atoms with Crippen LogP contribution in [-0.4, -0.2) is 12.4 Å². The molecule has 1 heterocycles. The van der Waals surface area contributed by atoms with Crippen molar-refractivity contribution in [3.63, 3.8) is 0 Å². The molecule has 0 N–H and O–H groups in total. The van der Waals surface area contributed by atoms with Gasteiger partial charge < -0.3 is 4.74 Å². The van der Waals surface area contributed by atoms with Gasteiger partial charge >= 0.3 is 0 Å². The van der Waals surface area contributed by atoms with Gasteiger partial charge in [0.25, 0.3) is 0 Å². The SMILES string of the molecule is O=Cc1ccc2c(c1)CC(C1CCCCC1)O2. The van der Waals surface area contributed by atoms with E-state index in [-0.39, 0.29) is 0 Å². The molecule has 0 amide bonds. The zero-order valence-corrected chi connectivity index (χ0v) is 10.0. The minimum atomic E-state index is 0.354. The molecule has 17 heavy (non-hydrogen) atoms. The Kier molecular flexibility index (Phi) is 2.87. The number of carbonyl (C=O) groups excluding carboxylic acids is 1. The lowest BCUT2D eigenvalue weighted by molar-refractivity contribution is 0.112. The van der Waals surface area contributed by atoms with Crippen LogP contribution in [0.5, 0.6) is 5.75 Å². The summed E-state index contributed by atoms with van der Waals surface area (Å²) in [4.78, 5) is 10.7. The molecular weight excluding hydrogens is 212 g/mol. The maximum Gasteiger partial charge on any atom is 0.150 e. The first kappa shape index (κ1) is 10.8. The third kappa shape index (κ3) is 2.08. The Balaban J connectivity index is 1.75. The molecule has 0 aromatic heterocycles. The van der Waals surface area contributed by atoms with Crippen LogP contribution in [-0.2, 0) is 6.42 Å². The fourth-order valence-corrected chi connectivity index (χ4v) is 3.14. The third-order valence-electron chi connectivity index (χ3n) is 4.10. The summed E-state index contributed by atoms with van der Waals surface area (Å²) in [6.07, 6.45) is 8.94. The van der Waals surface area contributed by atoms with Crippen LogP contribution in [0.3, 0.4) is 0 Å². The summed E-state index contributed by atoms with van der Waals surface area (Å²) < 4.78 is 6.03. The molecule has 1 aliphatic heterocycles. The van der Waals surface area contributed by atoms with Crippen molar-refractivity contribution in [2.45, 2.75) is 44.6 Å². The Morgan fingerprint density at radius 2 is 2.00 bits per heavy atom. The van der Waals surface area contributed by atoms with Gasteiger partial charge in [-0.3, -0.25) is 4.79 Å². The standard InChI is InChI=1S/C15H18O2/c16-10-11-6-7-14-13(8-11)9-15(17-14)12-4-2-1-3-5-12/h6-8,10,12,15H,1-5,9H2. The Bertz CT molecular complexity index is 419. The predicted octanol–water partition coefficient (Wildman–Crippen LogP) is 3.38. The van der Waals surface area contributed by atoms with E-state index in [0.717, 1.165) is 29.9 Å². The first-order valence-electron chi connectivity index (χ1n) is 6.61. The number of aldehydes is 1. The van der Waals surface area contributed by atoms with Crippen LogP contribution in [0.25, 0.3) is 0 Å². The van der Waals surface area contributed by atoms with Crippen molar-refractivity contribution in [1.29, 1.82) is 0 Å². The van der Waals surface area contributed by atoms with Crippen LogP contribution in [0.15, 0.2) is 18.2 Å². The lowest BCUT2D eigenvalue weighted by Crippen LogP contribution is -2.26. The van der Waals surface area contributed by atoms with Crippen molar-refractivity contribution in [2.75, 3.05) is 0 Å². The summed E-state index contributed by atoms with van der Waals surface area (Å²) in [6.45, 7) is 0. The van der Waals surface area contributed by atoms with Gasteiger partial charge in [0.1, 0.15) is 18.1 Å². The summed E-state index contributed by atoms with van der Waals surface area (Å²) in [6, 6.07) is 5.77. The molecule has 1 aliphatic carbocycles. The summed E-state index contributed by atoms with van der Waals surface area (Å²) >= 11 is 0. The summed E-state index contributed by atoms with van der Waals surface area (Å²) in [5.74, 6) is 1.71. The average molecular weight is 230 g/mol. The highest BCUT2D eigenvalue weighted by molar-refractivity contribution is 5.75. The Morgan fingerprint density at radius 3 is 2.76 bits per heavy atom. The zero-order chi connectivity index (χ0) is 11.7. The number of rotatable bonds is 2. The van der Waals surface area contributed by atoms with E-state index in [1.165, 1.54) is 37.7 Å². The third-order valence-corrected chi connectivity index (χ3v) is 4.10. The maximum absolute atomic E-state index is 10.7. The Morgan fingerprint density at radius 1 is 1.18 bits per heavy atom. The van der Waals surface area contributed by atoms with Crippen molar-refractivity contribution < 1.29 is 9.53 Å². The number of hydrogen-bond donors (Lipinski definition) is 0. The van der Waals surface area contributed by atoms with Crippen molar-refractivity contribution in [3.8, 4) is 5.75 Å². The second kappa shape index (κ2) is 4.52. The molecule has 90 valence electrons. The number of hydrogen-bond acceptors (Lipinski definition) is 2. The van der Waals surface area contributed by atoms with Crippen LogP contribution >= 0.6 is 0 Å². The predicted molar refractivity (Wildman–Crippen MR) is 66.5 cm³/mol. The molecule has 0 bridgehead atoms. The van der Waals surface area contributed by atoms with Crippen LogP contribution < -0.4 is 4.74 Å². The normalized spacial score (nSPS) is 24.1. The van der Waals surface area contributed by atoms with Gasteiger partial charge in [-0.15, -0.1) is 0 Å². The van der Waals surface area contributed by atoms with E-state index in [4.69, 9.17) is 4.74 Å². The van der Waals surface area contributed by atoms with E-state index in [1.54, 1.807) is 0 Å². The summed E-state index contributed by atoms with van der Waals surface area (Å²) in [5, 5.41) is 0. The average Bonchev–Trinajstić information content (AvgIpc) is 2.82. The molecule has 0 saturated heterocycles. The highest BCUT2D eigenvalue weighted by atomic mass is 16.5.